The van der Waals surface area contributed by atoms with Gasteiger partial charge in [0.2, 0.25) is 0 Å². The molecule has 0 radical (unpaired) electrons. The van der Waals surface area contributed by atoms with Crippen molar-refractivity contribution in [3.05, 3.63) is 108 Å². The number of benzene rings is 3. The van der Waals surface area contributed by atoms with E-state index in [4.69, 9.17) is 9.47 Å². The van der Waals surface area contributed by atoms with E-state index in [-0.39, 0.29) is 6.61 Å². The molecule has 0 saturated heterocycles. The first-order valence-electron chi connectivity index (χ1n) is 9.06. The summed E-state index contributed by atoms with van der Waals surface area (Å²) in [7, 11) is 0. The predicted octanol–water partition coefficient (Wildman–Crippen LogP) is 5.17. The minimum absolute atomic E-state index is 0.228. The first-order valence-corrected chi connectivity index (χ1v) is 9.06. The maximum Gasteiger partial charge on any atom is 0.357 e. The molecule has 0 amide bonds. The van der Waals surface area contributed by atoms with Gasteiger partial charge in [-0.15, -0.1) is 0 Å². The second kappa shape index (κ2) is 8.35. The van der Waals surface area contributed by atoms with Gasteiger partial charge < -0.3 is 9.47 Å². The number of aromatic nitrogens is 1. The van der Waals surface area contributed by atoms with Gasteiger partial charge >= 0.3 is 5.97 Å². The number of hydrogen-bond acceptors (Lipinski definition) is 4. The molecule has 0 atom stereocenters. The second-order valence-corrected chi connectivity index (χ2v) is 6.39. The smallest absolute Gasteiger partial charge is 0.357 e. The van der Waals surface area contributed by atoms with E-state index < -0.39 is 5.97 Å². The van der Waals surface area contributed by atoms with Crippen molar-refractivity contribution in [2.24, 2.45) is 0 Å². The topological polar surface area (TPSA) is 48.4 Å². The summed E-state index contributed by atoms with van der Waals surface area (Å²) < 4.78 is 11.2. The second-order valence-electron chi connectivity index (χ2n) is 6.39. The molecule has 0 bridgehead atoms. The Bertz CT molecular complexity index is 1080. The molecule has 4 heteroatoms. The number of esters is 1. The van der Waals surface area contributed by atoms with E-state index in [2.05, 4.69) is 4.98 Å². The average Bonchev–Trinajstić information content (AvgIpc) is 2.77. The Morgan fingerprint density at radius 3 is 2.14 bits per heavy atom. The Balaban J connectivity index is 1.43. The van der Waals surface area contributed by atoms with Crippen LogP contribution in [0.4, 0.5) is 0 Å². The van der Waals surface area contributed by atoms with Crippen molar-refractivity contribution in [3.8, 4) is 5.75 Å². The lowest BCUT2D eigenvalue weighted by Gasteiger charge is -2.08. The van der Waals surface area contributed by atoms with E-state index in [0.29, 0.717) is 12.3 Å². The molecule has 0 N–H and O–H groups in total. The fourth-order valence-electron chi connectivity index (χ4n) is 2.85. The van der Waals surface area contributed by atoms with Crippen molar-refractivity contribution in [3.63, 3.8) is 0 Å². The molecule has 0 fully saturated rings. The van der Waals surface area contributed by atoms with Crippen LogP contribution in [-0.4, -0.2) is 11.0 Å². The molecule has 28 heavy (non-hydrogen) atoms. The Morgan fingerprint density at radius 2 is 1.43 bits per heavy atom. The molecule has 0 aliphatic carbocycles. The Kier molecular flexibility index (Phi) is 5.29. The Hall–Kier alpha value is -3.66. The Labute approximate surface area is 163 Å². The summed E-state index contributed by atoms with van der Waals surface area (Å²) in [6, 6.07) is 28.7. The number of fused-ring (bicyclic) bond motifs is 1. The number of carbonyl (C=O) groups is 1. The summed E-state index contributed by atoms with van der Waals surface area (Å²) in [5, 5.41) is 0.908. The highest BCUT2D eigenvalue weighted by Gasteiger charge is 2.10. The van der Waals surface area contributed by atoms with E-state index in [9.17, 15) is 4.79 Å². The van der Waals surface area contributed by atoms with Crippen LogP contribution in [0.1, 0.15) is 21.6 Å². The molecule has 4 aromatic rings. The zero-order chi connectivity index (χ0) is 19.2. The van der Waals surface area contributed by atoms with Crippen LogP contribution in [0.2, 0.25) is 0 Å². The van der Waals surface area contributed by atoms with Gasteiger partial charge in [0.1, 0.15) is 24.7 Å². The van der Waals surface area contributed by atoms with Crippen LogP contribution in [0.25, 0.3) is 10.9 Å². The largest absolute Gasteiger partial charge is 0.489 e. The summed E-state index contributed by atoms with van der Waals surface area (Å²) in [6.45, 7) is 0.731. The van der Waals surface area contributed by atoms with Crippen molar-refractivity contribution in [2.75, 3.05) is 0 Å². The van der Waals surface area contributed by atoms with Crippen molar-refractivity contribution >= 4 is 16.9 Å². The van der Waals surface area contributed by atoms with Crippen LogP contribution in [0.15, 0.2) is 91.0 Å². The van der Waals surface area contributed by atoms with E-state index >= 15 is 0 Å². The van der Waals surface area contributed by atoms with Crippen LogP contribution < -0.4 is 4.74 Å². The lowest BCUT2D eigenvalue weighted by Crippen LogP contribution is -2.07. The molecular formula is C24H19NO3. The summed E-state index contributed by atoms with van der Waals surface area (Å²) in [6.07, 6.45) is 0. The van der Waals surface area contributed by atoms with Crippen molar-refractivity contribution < 1.29 is 14.3 Å². The third-order valence-electron chi connectivity index (χ3n) is 4.33. The highest BCUT2D eigenvalue weighted by molar-refractivity contribution is 5.91. The predicted molar refractivity (Wildman–Crippen MR) is 108 cm³/mol. The average molecular weight is 369 g/mol. The minimum atomic E-state index is -0.435. The van der Waals surface area contributed by atoms with Gasteiger partial charge in [-0.25, -0.2) is 9.78 Å². The molecule has 4 nitrogen and oxygen atoms in total. The highest BCUT2D eigenvalue weighted by Crippen LogP contribution is 2.21. The summed E-state index contributed by atoms with van der Waals surface area (Å²) in [4.78, 5) is 16.7. The van der Waals surface area contributed by atoms with E-state index in [1.54, 1.807) is 6.07 Å². The van der Waals surface area contributed by atoms with E-state index in [1.807, 2.05) is 84.9 Å². The van der Waals surface area contributed by atoms with Crippen molar-refractivity contribution in [1.29, 1.82) is 0 Å². The van der Waals surface area contributed by atoms with Crippen LogP contribution in [-0.2, 0) is 18.0 Å². The molecule has 1 aromatic heterocycles. The standard InChI is InChI=1S/C24H19NO3/c26-24(28-17-19-9-5-2-6-10-19)23-13-11-20-15-21(12-14-22(20)25-23)27-16-18-7-3-1-4-8-18/h1-15H,16-17H2. The third kappa shape index (κ3) is 4.35. The SMILES string of the molecule is O=C(OCc1ccccc1)c1ccc2cc(OCc3ccccc3)ccc2n1. The van der Waals surface area contributed by atoms with Gasteiger partial charge in [0.05, 0.1) is 5.52 Å². The number of ether oxygens (including phenoxy) is 2. The lowest BCUT2D eigenvalue weighted by atomic mass is 10.2. The molecule has 0 saturated carbocycles. The number of nitrogens with zero attached hydrogens (tertiary/aromatic N) is 1. The molecule has 3 aromatic carbocycles. The minimum Gasteiger partial charge on any atom is -0.489 e. The number of hydrogen-bond donors (Lipinski definition) is 0. The first-order chi connectivity index (χ1) is 13.8. The molecule has 0 unspecified atom stereocenters. The first kappa shape index (κ1) is 17.7. The van der Waals surface area contributed by atoms with Gasteiger partial charge in [-0.05, 0) is 35.4 Å². The van der Waals surface area contributed by atoms with Crippen LogP contribution in [0, 0.1) is 0 Å². The lowest BCUT2D eigenvalue weighted by molar-refractivity contribution is 0.0466. The summed E-state index contributed by atoms with van der Waals surface area (Å²) >= 11 is 0. The fourth-order valence-corrected chi connectivity index (χ4v) is 2.85. The highest BCUT2D eigenvalue weighted by atomic mass is 16.5. The van der Waals surface area contributed by atoms with E-state index in [1.165, 1.54) is 0 Å². The molecule has 4 rings (SSSR count). The van der Waals surface area contributed by atoms with Gasteiger partial charge in [0.25, 0.3) is 0 Å². The van der Waals surface area contributed by atoms with Gasteiger partial charge in [0.15, 0.2) is 0 Å². The molecular weight excluding hydrogens is 350 g/mol. The fraction of sp³-hybridized carbons (Fsp3) is 0.0833. The molecule has 0 aliphatic heterocycles. The molecule has 0 aliphatic rings. The molecule has 0 spiro atoms. The molecule has 138 valence electrons. The summed E-state index contributed by atoms with van der Waals surface area (Å²) in [5.74, 6) is 0.327. The monoisotopic (exact) mass is 369 g/mol. The summed E-state index contributed by atoms with van der Waals surface area (Å²) in [5.41, 5.74) is 3.07. The van der Waals surface area contributed by atoms with Crippen molar-refractivity contribution in [2.45, 2.75) is 13.2 Å². The van der Waals surface area contributed by atoms with Gasteiger partial charge in [-0.1, -0.05) is 66.7 Å². The van der Waals surface area contributed by atoms with Crippen molar-refractivity contribution in [1.82, 2.24) is 4.98 Å². The van der Waals surface area contributed by atoms with Gasteiger partial charge in [0, 0.05) is 5.39 Å². The number of carbonyl (C=O) groups excluding carboxylic acids is 1. The maximum absolute atomic E-state index is 12.3. The normalized spacial score (nSPS) is 10.6. The van der Waals surface area contributed by atoms with Crippen LogP contribution in [0.5, 0.6) is 5.75 Å². The quantitative estimate of drug-likeness (QED) is 0.440. The van der Waals surface area contributed by atoms with Gasteiger partial charge in [-0.2, -0.15) is 0 Å². The Morgan fingerprint density at radius 1 is 0.750 bits per heavy atom. The van der Waals surface area contributed by atoms with Gasteiger partial charge in [-0.3, -0.25) is 0 Å². The number of pyridine rings is 1. The van der Waals surface area contributed by atoms with Crippen LogP contribution in [0.3, 0.4) is 0 Å². The third-order valence-corrected chi connectivity index (χ3v) is 4.33. The molecule has 1 heterocycles. The number of rotatable bonds is 6. The maximum atomic E-state index is 12.3. The van der Waals surface area contributed by atoms with Crippen LogP contribution >= 0.6 is 0 Å². The van der Waals surface area contributed by atoms with E-state index in [0.717, 1.165) is 27.8 Å². The zero-order valence-electron chi connectivity index (χ0n) is 15.2. The zero-order valence-corrected chi connectivity index (χ0v) is 15.2.